The monoisotopic (exact) mass is 464 g/mol. The molecule has 7 heteroatoms. The minimum atomic E-state index is -0.428. The number of methoxy groups -OCH3 is 1. The summed E-state index contributed by atoms with van der Waals surface area (Å²) in [5.74, 6) is 1.33. The molecule has 0 saturated carbocycles. The number of nitrogens with two attached hydrogens (primary N) is 1. The van der Waals surface area contributed by atoms with Crippen molar-refractivity contribution >= 4 is 22.6 Å². The molecule has 134 valence electrons. The summed E-state index contributed by atoms with van der Waals surface area (Å²) in [6.45, 7) is 2.42. The van der Waals surface area contributed by atoms with Gasteiger partial charge in [-0.1, -0.05) is 6.07 Å². The standard InChI is InChI=1S/C19H17IN2O4/c1-3-25-18-14(20)6-10(7-16(18)24-2)17-12-5-4-11(23)8-15(12)26-19(22)13(17)9-21/h4-8,17,23H,3,22H2,1-2H3/t17-/m0/s1. The lowest BCUT2D eigenvalue weighted by molar-refractivity contribution is 0.308. The van der Waals surface area contributed by atoms with Crippen LogP contribution in [-0.2, 0) is 0 Å². The highest BCUT2D eigenvalue weighted by molar-refractivity contribution is 14.1. The van der Waals surface area contributed by atoms with Crippen molar-refractivity contribution in [2.24, 2.45) is 5.73 Å². The Morgan fingerprint density at radius 1 is 1.35 bits per heavy atom. The lowest BCUT2D eigenvalue weighted by Gasteiger charge is -2.27. The van der Waals surface area contributed by atoms with Crippen LogP contribution >= 0.6 is 22.6 Å². The summed E-state index contributed by atoms with van der Waals surface area (Å²) in [6.07, 6.45) is 0. The summed E-state index contributed by atoms with van der Waals surface area (Å²) in [6, 6.07) is 10.7. The van der Waals surface area contributed by atoms with Crippen LogP contribution in [0.25, 0.3) is 0 Å². The first-order valence-corrected chi connectivity index (χ1v) is 8.98. The van der Waals surface area contributed by atoms with Crippen molar-refractivity contribution in [1.82, 2.24) is 0 Å². The Morgan fingerprint density at radius 2 is 2.12 bits per heavy atom. The molecule has 1 heterocycles. The topological polar surface area (TPSA) is 97.7 Å². The summed E-state index contributed by atoms with van der Waals surface area (Å²) in [5.41, 5.74) is 7.84. The van der Waals surface area contributed by atoms with Gasteiger partial charge in [0.15, 0.2) is 11.5 Å². The fourth-order valence-electron chi connectivity index (χ4n) is 2.98. The molecule has 0 radical (unpaired) electrons. The molecule has 0 spiro atoms. The number of nitriles is 1. The molecule has 1 aliphatic rings. The second-order valence-corrected chi connectivity index (χ2v) is 6.78. The molecule has 6 nitrogen and oxygen atoms in total. The second-order valence-electron chi connectivity index (χ2n) is 5.61. The van der Waals surface area contributed by atoms with E-state index in [2.05, 4.69) is 28.7 Å². The van der Waals surface area contributed by atoms with Crippen LogP contribution in [0.2, 0.25) is 0 Å². The minimum absolute atomic E-state index is 0.0264. The Morgan fingerprint density at radius 3 is 2.77 bits per heavy atom. The molecule has 0 aliphatic carbocycles. The number of aromatic hydroxyl groups is 1. The van der Waals surface area contributed by atoms with Gasteiger partial charge in [-0.05, 0) is 53.3 Å². The van der Waals surface area contributed by atoms with Crippen molar-refractivity contribution in [2.45, 2.75) is 12.8 Å². The number of halogens is 1. The molecule has 2 aromatic carbocycles. The van der Waals surface area contributed by atoms with Crippen LogP contribution in [0.15, 0.2) is 41.8 Å². The predicted octanol–water partition coefficient (Wildman–Crippen LogP) is 3.62. The van der Waals surface area contributed by atoms with Crippen molar-refractivity contribution in [3.63, 3.8) is 0 Å². The number of allylic oxidation sites excluding steroid dienone is 1. The van der Waals surface area contributed by atoms with Crippen LogP contribution < -0.4 is 19.9 Å². The van der Waals surface area contributed by atoms with Gasteiger partial charge < -0.3 is 25.1 Å². The van der Waals surface area contributed by atoms with Gasteiger partial charge in [-0.25, -0.2) is 0 Å². The van der Waals surface area contributed by atoms with E-state index in [-0.39, 0.29) is 11.6 Å². The zero-order valence-electron chi connectivity index (χ0n) is 14.2. The number of phenolic OH excluding ortho intramolecular Hbond substituents is 1. The molecular weight excluding hydrogens is 447 g/mol. The van der Waals surface area contributed by atoms with Crippen molar-refractivity contribution in [1.29, 1.82) is 5.26 Å². The first-order valence-electron chi connectivity index (χ1n) is 7.90. The van der Waals surface area contributed by atoms with Gasteiger partial charge in [-0.3, -0.25) is 0 Å². The van der Waals surface area contributed by atoms with E-state index < -0.39 is 5.92 Å². The number of nitrogens with zero attached hydrogens (tertiary/aromatic N) is 1. The van der Waals surface area contributed by atoms with E-state index in [4.69, 9.17) is 19.9 Å². The molecule has 0 fully saturated rings. The maximum atomic E-state index is 9.74. The highest BCUT2D eigenvalue weighted by atomic mass is 127. The number of hydrogen-bond donors (Lipinski definition) is 2. The van der Waals surface area contributed by atoms with Crippen LogP contribution in [0.4, 0.5) is 0 Å². The number of fused-ring (bicyclic) bond motifs is 1. The molecule has 0 amide bonds. The second kappa shape index (κ2) is 7.33. The Kier molecular flexibility index (Phi) is 5.13. The SMILES string of the molecule is CCOc1c(I)cc([C@@H]2C(C#N)=C(N)Oc3cc(O)ccc32)cc1OC. The molecule has 1 atom stereocenters. The van der Waals surface area contributed by atoms with Crippen LogP contribution in [0.1, 0.15) is 24.0 Å². The minimum Gasteiger partial charge on any atom is -0.508 e. The molecule has 1 aliphatic heterocycles. The van der Waals surface area contributed by atoms with Gasteiger partial charge in [-0.15, -0.1) is 0 Å². The maximum absolute atomic E-state index is 9.74. The fourth-order valence-corrected chi connectivity index (χ4v) is 3.76. The van der Waals surface area contributed by atoms with Crippen LogP contribution in [0.5, 0.6) is 23.0 Å². The zero-order valence-corrected chi connectivity index (χ0v) is 16.4. The lowest BCUT2D eigenvalue weighted by Crippen LogP contribution is -2.21. The smallest absolute Gasteiger partial charge is 0.205 e. The van der Waals surface area contributed by atoms with Crippen LogP contribution in [0.3, 0.4) is 0 Å². The van der Waals surface area contributed by atoms with Crippen LogP contribution in [0, 0.1) is 14.9 Å². The highest BCUT2D eigenvalue weighted by Crippen LogP contribution is 2.46. The largest absolute Gasteiger partial charge is 0.508 e. The van der Waals surface area contributed by atoms with Crippen molar-refractivity contribution < 1.29 is 19.3 Å². The third-order valence-corrected chi connectivity index (χ3v) is 4.88. The summed E-state index contributed by atoms with van der Waals surface area (Å²) >= 11 is 2.18. The average Bonchev–Trinajstić information content (AvgIpc) is 2.62. The Bertz CT molecular complexity index is 934. The molecule has 26 heavy (non-hydrogen) atoms. The highest BCUT2D eigenvalue weighted by Gasteiger charge is 2.32. The van der Waals surface area contributed by atoms with Gasteiger partial charge in [0.2, 0.25) is 5.88 Å². The fraction of sp³-hybridized carbons (Fsp3) is 0.211. The van der Waals surface area contributed by atoms with Gasteiger partial charge in [0.05, 0.1) is 23.2 Å². The summed E-state index contributed by atoms with van der Waals surface area (Å²) < 4.78 is 17.5. The Labute approximate surface area is 164 Å². The summed E-state index contributed by atoms with van der Waals surface area (Å²) in [7, 11) is 1.57. The average molecular weight is 464 g/mol. The van der Waals surface area contributed by atoms with E-state index in [1.165, 1.54) is 6.07 Å². The first kappa shape index (κ1) is 18.2. The molecule has 2 aromatic rings. The zero-order chi connectivity index (χ0) is 18.8. The van der Waals surface area contributed by atoms with Crippen LogP contribution in [-0.4, -0.2) is 18.8 Å². The molecule has 0 bridgehead atoms. The lowest BCUT2D eigenvalue weighted by atomic mass is 9.83. The predicted molar refractivity (Wildman–Crippen MR) is 104 cm³/mol. The van der Waals surface area contributed by atoms with E-state index in [0.717, 1.165) is 14.7 Å². The number of phenols is 1. The first-order chi connectivity index (χ1) is 12.5. The van der Waals surface area contributed by atoms with E-state index in [0.29, 0.717) is 29.4 Å². The summed E-state index contributed by atoms with van der Waals surface area (Å²) in [5, 5.41) is 19.4. The third-order valence-electron chi connectivity index (χ3n) is 4.08. The van der Waals surface area contributed by atoms with Crippen molar-refractivity contribution in [3.05, 3.63) is 56.5 Å². The molecular formula is C19H17IN2O4. The van der Waals surface area contributed by atoms with E-state index in [9.17, 15) is 10.4 Å². The van der Waals surface area contributed by atoms with Crippen molar-refractivity contribution in [3.8, 4) is 29.1 Å². The number of hydrogen-bond acceptors (Lipinski definition) is 6. The third kappa shape index (κ3) is 3.12. The van der Waals surface area contributed by atoms with Gasteiger partial charge >= 0.3 is 0 Å². The molecule has 3 rings (SSSR count). The quantitative estimate of drug-likeness (QED) is 0.671. The van der Waals surface area contributed by atoms with Gasteiger partial charge in [0, 0.05) is 11.6 Å². The van der Waals surface area contributed by atoms with E-state index in [1.54, 1.807) is 19.2 Å². The van der Waals surface area contributed by atoms with E-state index in [1.807, 2.05) is 19.1 Å². The Hall–Kier alpha value is -2.60. The Balaban J connectivity index is 2.22. The maximum Gasteiger partial charge on any atom is 0.205 e. The normalized spacial score (nSPS) is 15.7. The number of rotatable bonds is 4. The molecule has 0 unspecified atom stereocenters. The van der Waals surface area contributed by atoms with Gasteiger partial charge in [0.1, 0.15) is 23.1 Å². The van der Waals surface area contributed by atoms with Crippen molar-refractivity contribution in [2.75, 3.05) is 13.7 Å². The summed E-state index contributed by atoms with van der Waals surface area (Å²) in [4.78, 5) is 0. The molecule has 0 saturated heterocycles. The molecule has 3 N–H and O–H groups in total. The van der Waals surface area contributed by atoms with E-state index >= 15 is 0 Å². The van der Waals surface area contributed by atoms with Gasteiger partial charge in [0.25, 0.3) is 0 Å². The molecule has 0 aromatic heterocycles. The number of ether oxygens (including phenoxy) is 3. The number of benzene rings is 2. The van der Waals surface area contributed by atoms with Gasteiger partial charge in [-0.2, -0.15) is 5.26 Å².